The van der Waals surface area contributed by atoms with Crippen LogP contribution in [-0.4, -0.2) is 76.5 Å². The summed E-state index contributed by atoms with van der Waals surface area (Å²) in [6.07, 6.45) is 1.99. The molecule has 2 fully saturated rings. The number of rotatable bonds is 7. The molecule has 1 aromatic rings. The van der Waals surface area contributed by atoms with E-state index in [9.17, 15) is 14.7 Å². The third-order valence-corrected chi connectivity index (χ3v) is 5.16. The first-order valence-electron chi connectivity index (χ1n) is 9.07. The Morgan fingerprint density at radius 2 is 1.80 bits per heavy atom. The molecule has 1 N–H and O–H groups in total. The van der Waals surface area contributed by atoms with E-state index in [-0.39, 0.29) is 18.5 Å². The monoisotopic (exact) mass is 345 g/mol. The highest BCUT2D eigenvalue weighted by molar-refractivity contribution is 5.80. The molecule has 0 spiro atoms. The topological polar surface area (TPSA) is 64.1 Å². The van der Waals surface area contributed by atoms with Crippen molar-refractivity contribution in [3.8, 4) is 0 Å². The Labute approximate surface area is 149 Å². The van der Waals surface area contributed by atoms with Gasteiger partial charge in [-0.15, -0.1) is 0 Å². The lowest BCUT2D eigenvalue weighted by molar-refractivity contribution is -0.144. The molecule has 1 saturated carbocycles. The summed E-state index contributed by atoms with van der Waals surface area (Å²) in [5, 5.41) is 9.25. The number of carboxylic acids is 1. The van der Waals surface area contributed by atoms with Crippen molar-refractivity contribution in [2.45, 2.75) is 38.4 Å². The molecule has 0 bridgehead atoms. The molecule has 0 radical (unpaired) electrons. The van der Waals surface area contributed by atoms with E-state index in [2.05, 4.69) is 17.0 Å². The Morgan fingerprint density at radius 1 is 1.16 bits per heavy atom. The lowest BCUT2D eigenvalue weighted by Gasteiger charge is -2.36. The average Bonchev–Trinajstić information content (AvgIpc) is 3.45. The van der Waals surface area contributed by atoms with Crippen LogP contribution in [0.25, 0.3) is 0 Å². The van der Waals surface area contributed by atoms with Crippen LogP contribution < -0.4 is 0 Å². The maximum absolute atomic E-state index is 12.6. The average molecular weight is 345 g/mol. The number of hydrogen-bond acceptors (Lipinski definition) is 4. The second kappa shape index (κ2) is 7.97. The van der Waals surface area contributed by atoms with E-state index < -0.39 is 12.0 Å². The van der Waals surface area contributed by atoms with E-state index >= 15 is 0 Å². The molecule has 1 heterocycles. The predicted octanol–water partition coefficient (Wildman–Crippen LogP) is 1.27. The summed E-state index contributed by atoms with van der Waals surface area (Å²) in [5.74, 6) is -0.799. The third-order valence-electron chi connectivity index (χ3n) is 5.16. The molecule has 1 atom stereocenters. The van der Waals surface area contributed by atoms with Gasteiger partial charge in [-0.3, -0.25) is 19.4 Å². The first-order valence-corrected chi connectivity index (χ1v) is 9.07. The minimum absolute atomic E-state index is 0.0550. The zero-order chi connectivity index (χ0) is 17.8. The fourth-order valence-corrected chi connectivity index (χ4v) is 3.38. The Hall–Kier alpha value is -1.92. The van der Waals surface area contributed by atoms with Crippen molar-refractivity contribution in [2.24, 2.45) is 0 Å². The van der Waals surface area contributed by atoms with Crippen molar-refractivity contribution >= 4 is 11.9 Å². The molecule has 6 heteroatoms. The zero-order valence-electron chi connectivity index (χ0n) is 14.8. The standard InChI is InChI=1S/C19H27N3O3/c1-15(19(24)25)22(17-7-8-17)14-18(23)21-11-9-20(10-12-21)13-16-5-3-2-4-6-16/h2-6,15,17H,7-14H2,1H3,(H,24,25). The molecular formula is C19H27N3O3. The van der Waals surface area contributed by atoms with Crippen LogP contribution in [0.2, 0.25) is 0 Å². The van der Waals surface area contributed by atoms with E-state index in [4.69, 9.17) is 0 Å². The fraction of sp³-hybridized carbons (Fsp3) is 0.579. The van der Waals surface area contributed by atoms with E-state index in [1.165, 1.54) is 5.56 Å². The van der Waals surface area contributed by atoms with Crippen LogP contribution in [0.3, 0.4) is 0 Å². The predicted molar refractivity (Wildman–Crippen MR) is 95.1 cm³/mol. The largest absolute Gasteiger partial charge is 0.480 e. The number of carbonyl (C=O) groups is 2. The van der Waals surface area contributed by atoms with Crippen LogP contribution in [-0.2, 0) is 16.1 Å². The highest BCUT2D eigenvalue weighted by atomic mass is 16.4. The maximum atomic E-state index is 12.6. The second-order valence-electron chi connectivity index (χ2n) is 7.06. The van der Waals surface area contributed by atoms with Crippen LogP contribution in [0, 0.1) is 0 Å². The van der Waals surface area contributed by atoms with Crippen LogP contribution in [0.4, 0.5) is 0 Å². The van der Waals surface area contributed by atoms with Crippen LogP contribution in [0.5, 0.6) is 0 Å². The molecule has 1 saturated heterocycles. The molecule has 1 aliphatic heterocycles. The van der Waals surface area contributed by atoms with Gasteiger partial charge >= 0.3 is 5.97 Å². The zero-order valence-corrected chi connectivity index (χ0v) is 14.8. The SMILES string of the molecule is CC(C(=O)O)N(CC(=O)N1CCN(Cc2ccccc2)CC1)C1CC1. The summed E-state index contributed by atoms with van der Waals surface area (Å²) < 4.78 is 0. The number of aliphatic carboxylic acids is 1. The van der Waals surface area contributed by atoms with Gasteiger partial charge in [0.15, 0.2) is 0 Å². The van der Waals surface area contributed by atoms with Crippen molar-refractivity contribution in [1.82, 2.24) is 14.7 Å². The van der Waals surface area contributed by atoms with Crippen molar-refractivity contribution in [3.63, 3.8) is 0 Å². The smallest absolute Gasteiger partial charge is 0.320 e. The normalized spacial score (nSPS) is 19.8. The molecule has 3 rings (SSSR count). The highest BCUT2D eigenvalue weighted by Crippen LogP contribution is 2.28. The Bertz CT molecular complexity index is 595. The second-order valence-corrected chi connectivity index (χ2v) is 7.06. The lowest BCUT2D eigenvalue weighted by Crippen LogP contribution is -2.53. The summed E-state index contributed by atoms with van der Waals surface area (Å²) in [7, 11) is 0. The number of carbonyl (C=O) groups excluding carboxylic acids is 1. The van der Waals surface area contributed by atoms with Crippen molar-refractivity contribution < 1.29 is 14.7 Å². The van der Waals surface area contributed by atoms with Crippen LogP contribution >= 0.6 is 0 Å². The Kier molecular flexibility index (Phi) is 5.71. The first-order chi connectivity index (χ1) is 12.0. The van der Waals surface area contributed by atoms with Crippen molar-refractivity contribution in [3.05, 3.63) is 35.9 Å². The summed E-state index contributed by atoms with van der Waals surface area (Å²) in [4.78, 5) is 30.0. The third kappa shape index (κ3) is 4.80. The minimum atomic E-state index is -0.854. The number of carboxylic acid groups (broad SMARTS) is 1. The summed E-state index contributed by atoms with van der Waals surface area (Å²) in [5.41, 5.74) is 1.29. The van der Waals surface area contributed by atoms with Crippen LogP contribution in [0.15, 0.2) is 30.3 Å². The van der Waals surface area contributed by atoms with Crippen molar-refractivity contribution in [2.75, 3.05) is 32.7 Å². The number of hydrogen-bond donors (Lipinski definition) is 1. The van der Waals surface area contributed by atoms with E-state index in [1.54, 1.807) is 6.92 Å². The Balaban J connectivity index is 1.48. The maximum Gasteiger partial charge on any atom is 0.320 e. The van der Waals surface area contributed by atoms with Gasteiger partial charge in [-0.1, -0.05) is 30.3 Å². The van der Waals surface area contributed by atoms with Gasteiger partial charge < -0.3 is 10.0 Å². The molecule has 1 unspecified atom stereocenters. The van der Waals surface area contributed by atoms with Crippen LogP contribution in [0.1, 0.15) is 25.3 Å². The quantitative estimate of drug-likeness (QED) is 0.806. The van der Waals surface area contributed by atoms with Gasteiger partial charge in [0.25, 0.3) is 0 Å². The number of amides is 1. The van der Waals surface area contributed by atoms with E-state index in [0.717, 1.165) is 32.5 Å². The molecule has 1 amide bonds. The number of nitrogens with zero attached hydrogens (tertiary/aromatic N) is 3. The number of benzene rings is 1. The van der Waals surface area contributed by atoms with Gasteiger partial charge in [0.1, 0.15) is 6.04 Å². The fourth-order valence-electron chi connectivity index (χ4n) is 3.38. The first kappa shape index (κ1) is 17.9. The molecule has 0 aromatic heterocycles. The lowest BCUT2D eigenvalue weighted by atomic mass is 10.2. The molecule has 1 aromatic carbocycles. The highest BCUT2D eigenvalue weighted by Gasteiger charge is 2.37. The Morgan fingerprint density at radius 3 is 2.36 bits per heavy atom. The summed E-state index contributed by atoms with van der Waals surface area (Å²) >= 11 is 0. The van der Waals surface area contributed by atoms with Gasteiger partial charge in [-0.25, -0.2) is 0 Å². The number of piperazine rings is 1. The van der Waals surface area contributed by atoms with Gasteiger partial charge in [0.2, 0.25) is 5.91 Å². The van der Waals surface area contributed by atoms with Crippen molar-refractivity contribution in [1.29, 1.82) is 0 Å². The minimum Gasteiger partial charge on any atom is -0.480 e. The van der Waals surface area contributed by atoms with E-state index in [1.807, 2.05) is 28.0 Å². The molecule has 6 nitrogen and oxygen atoms in total. The molecule has 2 aliphatic rings. The molecule has 25 heavy (non-hydrogen) atoms. The van der Waals surface area contributed by atoms with Gasteiger partial charge in [-0.05, 0) is 25.3 Å². The van der Waals surface area contributed by atoms with E-state index in [0.29, 0.717) is 13.1 Å². The van der Waals surface area contributed by atoms with Gasteiger partial charge in [0, 0.05) is 38.8 Å². The van der Waals surface area contributed by atoms with Gasteiger partial charge in [-0.2, -0.15) is 0 Å². The van der Waals surface area contributed by atoms with Gasteiger partial charge in [0.05, 0.1) is 6.54 Å². The molecule has 1 aliphatic carbocycles. The molecular weight excluding hydrogens is 318 g/mol. The summed E-state index contributed by atoms with van der Waals surface area (Å²) in [6, 6.07) is 10.0. The molecule has 136 valence electrons. The summed E-state index contributed by atoms with van der Waals surface area (Å²) in [6.45, 7) is 5.95.